The van der Waals surface area contributed by atoms with Crippen LogP contribution in [0.1, 0.15) is 62.4 Å². The summed E-state index contributed by atoms with van der Waals surface area (Å²) in [6, 6.07) is 0.526. The highest BCUT2D eigenvalue weighted by Crippen LogP contribution is 2.44. The molecule has 0 spiro atoms. The zero-order chi connectivity index (χ0) is 11.8. The molecule has 0 aromatic carbocycles. The van der Waals surface area contributed by atoms with Gasteiger partial charge in [0.25, 0.3) is 0 Å². The summed E-state index contributed by atoms with van der Waals surface area (Å²) in [5.74, 6) is 1.54. The van der Waals surface area contributed by atoms with E-state index in [2.05, 4.69) is 21.9 Å². The molecule has 1 heterocycles. The van der Waals surface area contributed by atoms with Crippen LogP contribution in [-0.2, 0) is 6.42 Å². The van der Waals surface area contributed by atoms with Gasteiger partial charge in [-0.25, -0.2) is 4.68 Å². The van der Waals surface area contributed by atoms with Crippen LogP contribution in [-0.4, -0.2) is 21.5 Å². The van der Waals surface area contributed by atoms with E-state index in [9.17, 15) is 0 Å². The Morgan fingerprint density at radius 2 is 2.12 bits per heavy atom. The van der Waals surface area contributed by atoms with Crippen molar-refractivity contribution in [2.45, 2.75) is 57.4 Å². The fourth-order valence-electron chi connectivity index (χ4n) is 2.85. The molecule has 2 aliphatic rings. The Balaban J connectivity index is 1.86. The van der Waals surface area contributed by atoms with Gasteiger partial charge in [0.15, 0.2) is 0 Å². The minimum Gasteiger partial charge on any atom is -0.330 e. The molecule has 17 heavy (non-hydrogen) atoms. The van der Waals surface area contributed by atoms with E-state index in [-0.39, 0.29) is 0 Å². The molecule has 0 aliphatic heterocycles. The second-order valence-electron chi connectivity index (χ2n) is 5.61. The van der Waals surface area contributed by atoms with Gasteiger partial charge in [-0.2, -0.15) is 0 Å². The van der Waals surface area contributed by atoms with Crippen molar-refractivity contribution < 1.29 is 0 Å². The highest BCUT2D eigenvalue weighted by molar-refractivity contribution is 5.21. The van der Waals surface area contributed by atoms with E-state index in [0.717, 1.165) is 18.0 Å². The van der Waals surface area contributed by atoms with Gasteiger partial charge in [-0.1, -0.05) is 11.6 Å². The lowest BCUT2D eigenvalue weighted by Crippen LogP contribution is -2.25. The first kappa shape index (κ1) is 11.2. The first-order valence-electron chi connectivity index (χ1n) is 6.95. The predicted molar refractivity (Wildman–Crippen MR) is 66.8 cm³/mol. The smallest absolute Gasteiger partial charge is 0.0874 e. The molecular weight excluding hydrogens is 212 g/mol. The first-order chi connectivity index (χ1) is 8.31. The van der Waals surface area contributed by atoms with Crippen molar-refractivity contribution in [3.8, 4) is 0 Å². The third-order valence-electron chi connectivity index (χ3n) is 4.37. The third-order valence-corrected chi connectivity index (χ3v) is 4.37. The molecule has 0 saturated heterocycles. The van der Waals surface area contributed by atoms with Crippen molar-refractivity contribution in [3.63, 3.8) is 0 Å². The Labute approximate surface area is 103 Å². The standard InChI is InChI=1S/C13H22N4/c1-9(10-3-2-4-10)17-13(11-5-6-11)12(7-8-14)15-16-17/h9-11H,2-8,14H2,1H3. The van der Waals surface area contributed by atoms with Gasteiger partial charge in [0.2, 0.25) is 0 Å². The molecule has 0 amide bonds. The summed E-state index contributed by atoms with van der Waals surface area (Å²) < 4.78 is 2.21. The summed E-state index contributed by atoms with van der Waals surface area (Å²) in [5.41, 5.74) is 8.21. The molecule has 2 saturated carbocycles. The van der Waals surface area contributed by atoms with Crippen molar-refractivity contribution in [3.05, 3.63) is 11.4 Å². The maximum atomic E-state index is 5.66. The summed E-state index contributed by atoms with van der Waals surface area (Å²) in [7, 11) is 0. The van der Waals surface area contributed by atoms with E-state index in [0.29, 0.717) is 18.5 Å². The van der Waals surface area contributed by atoms with E-state index in [1.807, 2.05) is 0 Å². The normalized spacial score (nSPS) is 22.5. The molecule has 4 heteroatoms. The van der Waals surface area contributed by atoms with Crippen LogP contribution in [0.3, 0.4) is 0 Å². The molecule has 94 valence electrons. The van der Waals surface area contributed by atoms with Gasteiger partial charge in [0.05, 0.1) is 17.4 Å². The number of nitrogens with two attached hydrogens (primary N) is 1. The molecule has 3 rings (SSSR count). The summed E-state index contributed by atoms with van der Waals surface area (Å²) >= 11 is 0. The average molecular weight is 234 g/mol. The maximum absolute atomic E-state index is 5.66. The number of aromatic nitrogens is 3. The second kappa shape index (κ2) is 4.41. The van der Waals surface area contributed by atoms with Crippen LogP contribution < -0.4 is 5.73 Å². The first-order valence-corrected chi connectivity index (χ1v) is 6.95. The molecule has 1 atom stereocenters. The molecule has 1 aromatic heterocycles. The molecule has 0 bridgehead atoms. The average Bonchev–Trinajstić information content (AvgIpc) is 2.98. The second-order valence-corrected chi connectivity index (χ2v) is 5.61. The van der Waals surface area contributed by atoms with Gasteiger partial charge in [0, 0.05) is 12.3 Å². The van der Waals surface area contributed by atoms with Gasteiger partial charge >= 0.3 is 0 Å². The fraction of sp³-hybridized carbons (Fsp3) is 0.846. The van der Waals surface area contributed by atoms with Crippen LogP contribution in [0.25, 0.3) is 0 Å². The maximum Gasteiger partial charge on any atom is 0.0874 e. The Hall–Kier alpha value is -0.900. The van der Waals surface area contributed by atoms with Gasteiger partial charge in [-0.15, -0.1) is 5.10 Å². The SMILES string of the molecule is CC(C1CCC1)n1nnc(CCN)c1C1CC1. The number of hydrogen-bond donors (Lipinski definition) is 1. The van der Waals surface area contributed by atoms with Gasteiger partial charge in [0.1, 0.15) is 0 Å². The minimum atomic E-state index is 0.526. The van der Waals surface area contributed by atoms with Crippen LogP contribution in [0.5, 0.6) is 0 Å². The van der Waals surface area contributed by atoms with Crippen LogP contribution in [0, 0.1) is 5.92 Å². The largest absolute Gasteiger partial charge is 0.330 e. The van der Waals surface area contributed by atoms with Crippen LogP contribution in [0.2, 0.25) is 0 Å². The number of nitrogens with zero attached hydrogens (tertiary/aromatic N) is 3. The minimum absolute atomic E-state index is 0.526. The molecule has 1 unspecified atom stereocenters. The molecular formula is C13H22N4. The zero-order valence-electron chi connectivity index (χ0n) is 10.6. The lowest BCUT2D eigenvalue weighted by atomic mass is 9.80. The number of rotatable bonds is 5. The molecule has 2 fully saturated rings. The van der Waals surface area contributed by atoms with Crippen molar-refractivity contribution in [2.24, 2.45) is 11.7 Å². The summed E-state index contributed by atoms with van der Waals surface area (Å²) in [6.07, 6.45) is 7.60. The summed E-state index contributed by atoms with van der Waals surface area (Å²) in [5, 5.41) is 8.77. The highest BCUT2D eigenvalue weighted by Gasteiger charge is 2.35. The quantitative estimate of drug-likeness (QED) is 0.848. The lowest BCUT2D eigenvalue weighted by molar-refractivity contribution is 0.205. The van der Waals surface area contributed by atoms with E-state index >= 15 is 0 Å². The highest BCUT2D eigenvalue weighted by atomic mass is 15.4. The van der Waals surface area contributed by atoms with E-state index < -0.39 is 0 Å². The van der Waals surface area contributed by atoms with Gasteiger partial charge in [-0.05, 0) is 45.1 Å². The van der Waals surface area contributed by atoms with E-state index in [4.69, 9.17) is 5.73 Å². The Kier molecular flexibility index (Phi) is 2.90. The molecule has 0 radical (unpaired) electrons. The van der Waals surface area contributed by atoms with Crippen molar-refractivity contribution in [1.82, 2.24) is 15.0 Å². The molecule has 4 nitrogen and oxygen atoms in total. The van der Waals surface area contributed by atoms with Crippen molar-refractivity contribution >= 4 is 0 Å². The molecule has 2 aliphatic carbocycles. The van der Waals surface area contributed by atoms with Crippen LogP contribution >= 0.6 is 0 Å². The summed E-state index contributed by atoms with van der Waals surface area (Å²) in [6.45, 7) is 2.98. The Morgan fingerprint density at radius 3 is 2.65 bits per heavy atom. The summed E-state index contributed by atoms with van der Waals surface area (Å²) in [4.78, 5) is 0. The lowest BCUT2D eigenvalue weighted by Gasteiger charge is -2.32. The molecule has 2 N–H and O–H groups in total. The zero-order valence-corrected chi connectivity index (χ0v) is 10.6. The van der Waals surface area contributed by atoms with E-state index in [1.54, 1.807) is 0 Å². The van der Waals surface area contributed by atoms with E-state index in [1.165, 1.54) is 37.8 Å². The fourth-order valence-corrected chi connectivity index (χ4v) is 2.85. The van der Waals surface area contributed by atoms with Crippen LogP contribution in [0.15, 0.2) is 0 Å². The predicted octanol–water partition coefficient (Wildman–Crippen LogP) is 2.02. The van der Waals surface area contributed by atoms with Gasteiger partial charge < -0.3 is 5.73 Å². The monoisotopic (exact) mass is 234 g/mol. The molecule has 1 aromatic rings. The van der Waals surface area contributed by atoms with Crippen LogP contribution in [0.4, 0.5) is 0 Å². The van der Waals surface area contributed by atoms with Crippen molar-refractivity contribution in [1.29, 1.82) is 0 Å². The van der Waals surface area contributed by atoms with Crippen molar-refractivity contribution in [2.75, 3.05) is 6.54 Å². The third kappa shape index (κ3) is 1.99. The Bertz CT molecular complexity index is 390. The number of hydrogen-bond acceptors (Lipinski definition) is 3. The van der Waals surface area contributed by atoms with Gasteiger partial charge in [-0.3, -0.25) is 0 Å². The topological polar surface area (TPSA) is 56.7 Å². The Morgan fingerprint density at radius 1 is 1.35 bits per heavy atom.